The maximum atomic E-state index is 15.0. The summed E-state index contributed by atoms with van der Waals surface area (Å²) in [4.78, 5) is 39.8. The number of unbranched alkanes of at least 4 members (excludes halogenated alkanes) is 12. The quantitative estimate of drug-likeness (QED) is 0.0409. The number of phosphoric acid groups is 1. The number of halogens is 3. The van der Waals surface area contributed by atoms with E-state index in [-0.39, 0.29) is 37.5 Å². The second-order valence-electron chi connectivity index (χ2n) is 15.8. The Morgan fingerprint density at radius 1 is 0.435 bits per heavy atom. The van der Waals surface area contributed by atoms with Gasteiger partial charge in [0.2, 0.25) is 17.7 Å². The Kier molecular flexibility index (Phi) is 26.7. The highest BCUT2D eigenvalue weighted by atomic mass is 35.5. The van der Waals surface area contributed by atoms with Crippen molar-refractivity contribution in [2.45, 2.75) is 154 Å². The van der Waals surface area contributed by atoms with Crippen LogP contribution in [0.1, 0.15) is 171 Å². The lowest BCUT2D eigenvalue weighted by Crippen LogP contribution is -2.33. The second kappa shape index (κ2) is 31.0. The van der Waals surface area contributed by atoms with Crippen molar-refractivity contribution in [1.82, 2.24) is 16.0 Å². The van der Waals surface area contributed by atoms with Crippen LogP contribution < -0.4 is 16.0 Å². The Bertz CT molecular complexity index is 1560. The lowest BCUT2D eigenvalue weighted by molar-refractivity contribution is -0.122. The molecule has 3 amide bonds. The van der Waals surface area contributed by atoms with Crippen LogP contribution in [0, 0.1) is 0 Å². The van der Waals surface area contributed by atoms with Crippen LogP contribution in [-0.2, 0) is 32.5 Å². The number of nitrogens with one attached hydrogen (secondary N) is 3. The summed E-state index contributed by atoms with van der Waals surface area (Å²) >= 11 is 18.7. The molecular formula is C48H69Cl3N3O7P. The van der Waals surface area contributed by atoms with Gasteiger partial charge in [0.05, 0.1) is 37.9 Å². The second-order valence-corrected chi connectivity index (χ2v) is 18.8. The van der Waals surface area contributed by atoms with E-state index < -0.39 is 25.9 Å². The molecule has 3 rings (SSSR count). The van der Waals surface area contributed by atoms with E-state index >= 15 is 0 Å². The van der Waals surface area contributed by atoms with E-state index in [2.05, 4.69) is 36.7 Å². The van der Waals surface area contributed by atoms with Gasteiger partial charge in [0, 0.05) is 34.3 Å². The van der Waals surface area contributed by atoms with E-state index in [1.807, 2.05) is 0 Å². The minimum absolute atomic E-state index is 0.179. The molecule has 344 valence electrons. The van der Waals surface area contributed by atoms with Crippen LogP contribution in [0.25, 0.3) is 0 Å². The van der Waals surface area contributed by atoms with Crippen molar-refractivity contribution in [2.75, 3.05) is 19.8 Å². The van der Waals surface area contributed by atoms with Crippen LogP contribution in [0.5, 0.6) is 0 Å². The molecule has 0 saturated carbocycles. The number of amides is 3. The normalized spacial score (nSPS) is 13.8. The fourth-order valence-corrected chi connectivity index (χ4v) is 8.42. The van der Waals surface area contributed by atoms with E-state index in [9.17, 15) is 18.9 Å². The van der Waals surface area contributed by atoms with Crippen LogP contribution >= 0.6 is 42.6 Å². The SMILES string of the molecule is CCCCCCCC(=O)NC(COP(=O)(OCC(NC(=O)CCCCCCC)c1ccc(Cl)cc1)OCC(NC(=O)CCCCCCC)c1ccc(Cl)cc1)c1ccc(Cl)cc1. The summed E-state index contributed by atoms with van der Waals surface area (Å²) in [5, 5.41) is 10.7. The molecule has 0 radical (unpaired) electrons. The predicted molar refractivity (Wildman–Crippen MR) is 253 cm³/mol. The number of carbonyl (C=O) groups is 3. The molecule has 0 bridgehead atoms. The molecule has 0 saturated heterocycles. The maximum absolute atomic E-state index is 15.0. The minimum atomic E-state index is -4.53. The molecular weight excluding hydrogens is 868 g/mol. The van der Waals surface area contributed by atoms with Gasteiger partial charge < -0.3 is 16.0 Å². The monoisotopic (exact) mass is 935 g/mol. The Morgan fingerprint density at radius 2 is 0.677 bits per heavy atom. The highest BCUT2D eigenvalue weighted by Gasteiger charge is 2.33. The van der Waals surface area contributed by atoms with Gasteiger partial charge >= 0.3 is 7.82 Å². The van der Waals surface area contributed by atoms with E-state index in [1.165, 1.54) is 0 Å². The highest BCUT2D eigenvalue weighted by Crippen LogP contribution is 2.51. The Balaban J connectivity index is 1.91. The van der Waals surface area contributed by atoms with Gasteiger partial charge in [0.15, 0.2) is 0 Å². The largest absolute Gasteiger partial charge is 0.475 e. The van der Waals surface area contributed by atoms with Crippen molar-refractivity contribution < 1.29 is 32.5 Å². The number of rotatable bonds is 33. The van der Waals surface area contributed by atoms with Crippen molar-refractivity contribution in [3.8, 4) is 0 Å². The summed E-state index contributed by atoms with van der Waals surface area (Å²) in [5.41, 5.74) is 2.03. The molecule has 0 spiro atoms. The molecule has 3 N–H and O–H groups in total. The van der Waals surface area contributed by atoms with Gasteiger partial charge in [0.25, 0.3) is 0 Å². The molecule has 0 aromatic heterocycles. The van der Waals surface area contributed by atoms with Gasteiger partial charge in [-0.3, -0.25) is 28.0 Å². The molecule has 62 heavy (non-hydrogen) atoms. The molecule has 3 aromatic carbocycles. The highest BCUT2D eigenvalue weighted by molar-refractivity contribution is 7.48. The van der Waals surface area contributed by atoms with Gasteiger partial charge in [-0.05, 0) is 72.4 Å². The molecule has 0 aliphatic rings. The lowest BCUT2D eigenvalue weighted by atomic mass is 10.1. The maximum Gasteiger partial charge on any atom is 0.475 e. The zero-order valence-corrected chi connectivity index (χ0v) is 40.1. The summed E-state index contributed by atoms with van der Waals surface area (Å²) in [6, 6.07) is 18.7. The first-order valence-corrected chi connectivity index (χ1v) is 25.2. The topological polar surface area (TPSA) is 132 Å². The summed E-state index contributed by atoms with van der Waals surface area (Å²) in [7, 11) is -4.53. The third-order valence-electron chi connectivity index (χ3n) is 10.5. The van der Waals surface area contributed by atoms with Crippen molar-refractivity contribution in [3.63, 3.8) is 0 Å². The Hall–Kier alpha value is -2.95. The number of hydrogen-bond donors (Lipinski definition) is 3. The Labute approximate surface area is 385 Å². The first kappa shape index (κ1) is 53.4. The molecule has 3 atom stereocenters. The van der Waals surface area contributed by atoms with Crippen LogP contribution in [0.4, 0.5) is 0 Å². The standard InChI is InChI=1S/C48H69Cl3N3O7P/c1-4-7-10-13-16-19-46(55)52-43(37-22-28-40(49)29-23-37)34-59-62(58,60-35-44(38-24-30-41(50)31-25-38)53-47(56)20-17-14-11-8-5-2)61-36-45(39-26-32-42(51)33-27-39)54-48(57)21-18-15-12-9-6-3/h22-33,43-45H,4-21,34-36H2,1-3H3,(H,52,55)(H,53,56)(H,54,57). The fraction of sp³-hybridized carbons (Fsp3) is 0.562. The molecule has 10 nitrogen and oxygen atoms in total. The van der Waals surface area contributed by atoms with Crippen LogP contribution in [0.3, 0.4) is 0 Å². The first-order chi connectivity index (χ1) is 29.9. The number of hydrogen-bond acceptors (Lipinski definition) is 7. The van der Waals surface area contributed by atoms with Gasteiger partial charge in [0.1, 0.15) is 0 Å². The molecule has 0 aliphatic heterocycles. The molecule has 0 heterocycles. The number of phosphoric ester groups is 1. The van der Waals surface area contributed by atoms with Gasteiger partial charge in [-0.25, -0.2) is 4.57 Å². The van der Waals surface area contributed by atoms with Crippen molar-refractivity contribution in [1.29, 1.82) is 0 Å². The molecule has 0 aliphatic carbocycles. The number of carbonyl (C=O) groups excluding carboxylic acids is 3. The third-order valence-corrected chi connectivity index (χ3v) is 12.7. The summed E-state index contributed by atoms with van der Waals surface area (Å²) in [6.07, 6.45) is 15.8. The first-order valence-electron chi connectivity index (χ1n) is 22.6. The van der Waals surface area contributed by atoms with E-state index in [0.29, 0.717) is 51.0 Å². The number of benzene rings is 3. The van der Waals surface area contributed by atoms with Crippen molar-refractivity contribution in [2.24, 2.45) is 0 Å². The predicted octanol–water partition coefficient (Wildman–Crippen LogP) is 13.8. The molecule has 3 aromatic rings. The zero-order chi connectivity index (χ0) is 45.0. The van der Waals surface area contributed by atoms with Crippen LogP contribution in [-0.4, -0.2) is 37.5 Å². The van der Waals surface area contributed by atoms with E-state index in [4.69, 9.17) is 48.4 Å². The van der Waals surface area contributed by atoms with Crippen molar-refractivity contribution in [3.05, 3.63) is 105 Å². The third kappa shape index (κ3) is 22.1. The molecule has 14 heteroatoms. The fourth-order valence-electron chi connectivity index (χ4n) is 6.83. The average molecular weight is 937 g/mol. The molecule has 0 fully saturated rings. The smallest absolute Gasteiger partial charge is 0.347 e. The van der Waals surface area contributed by atoms with Gasteiger partial charge in [-0.1, -0.05) is 169 Å². The summed E-state index contributed by atoms with van der Waals surface area (Å²) in [6.45, 7) is 5.57. The molecule has 3 unspecified atom stereocenters. The lowest BCUT2D eigenvalue weighted by Gasteiger charge is -2.27. The van der Waals surface area contributed by atoms with Crippen LogP contribution in [0.2, 0.25) is 15.1 Å². The van der Waals surface area contributed by atoms with E-state index in [0.717, 1.165) is 96.3 Å². The van der Waals surface area contributed by atoms with Crippen LogP contribution in [0.15, 0.2) is 72.8 Å². The van der Waals surface area contributed by atoms with E-state index in [1.54, 1.807) is 72.8 Å². The summed E-state index contributed by atoms with van der Waals surface area (Å²) in [5.74, 6) is -0.536. The van der Waals surface area contributed by atoms with Gasteiger partial charge in [-0.15, -0.1) is 0 Å². The minimum Gasteiger partial charge on any atom is -0.347 e. The zero-order valence-electron chi connectivity index (χ0n) is 36.9. The summed E-state index contributed by atoms with van der Waals surface area (Å²) < 4.78 is 33.5. The van der Waals surface area contributed by atoms with Crippen molar-refractivity contribution >= 4 is 60.3 Å². The Morgan fingerprint density at radius 3 is 0.919 bits per heavy atom. The van der Waals surface area contributed by atoms with Gasteiger partial charge in [-0.2, -0.15) is 0 Å². The average Bonchev–Trinajstić information content (AvgIpc) is 3.26.